The van der Waals surface area contributed by atoms with Crippen LogP contribution in [-0.2, 0) is 6.54 Å². The van der Waals surface area contributed by atoms with E-state index in [1.54, 1.807) is 12.1 Å². The minimum Gasteiger partial charge on any atom is -0.394 e. The van der Waals surface area contributed by atoms with Crippen LogP contribution in [0.4, 0.5) is 4.39 Å². The second-order valence-electron chi connectivity index (χ2n) is 3.22. The molecule has 1 aromatic rings. The summed E-state index contributed by atoms with van der Waals surface area (Å²) in [6.07, 6.45) is -0.756. The Kier molecular flexibility index (Phi) is 5.17. The van der Waals surface area contributed by atoms with E-state index >= 15 is 0 Å². The monoisotopic (exact) mass is 277 g/mol. The Morgan fingerprint density at radius 2 is 2.20 bits per heavy atom. The molecule has 0 aromatic heterocycles. The number of hydrogen-bond donors (Lipinski definition) is 3. The number of aliphatic hydroxyl groups excluding tert-OH is 2. The van der Waals surface area contributed by atoms with Crippen LogP contribution in [0.1, 0.15) is 5.56 Å². The molecule has 0 spiro atoms. The molecule has 1 aromatic carbocycles. The van der Waals surface area contributed by atoms with Crippen LogP contribution in [0.25, 0.3) is 0 Å². The maximum Gasteiger partial charge on any atom is 0.137 e. The zero-order valence-electron chi connectivity index (χ0n) is 8.08. The van der Waals surface area contributed by atoms with Gasteiger partial charge in [0.25, 0.3) is 0 Å². The summed E-state index contributed by atoms with van der Waals surface area (Å²) in [6, 6.07) is 4.72. The molecule has 3 nitrogen and oxygen atoms in total. The minimum atomic E-state index is -0.756. The number of nitrogens with one attached hydrogen (secondary N) is 1. The van der Waals surface area contributed by atoms with Crippen molar-refractivity contribution in [2.45, 2.75) is 12.6 Å². The van der Waals surface area contributed by atoms with Gasteiger partial charge in [-0.2, -0.15) is 0 Å². The fourth-order valence-corrected chi connectivity index (χ4v) is 1.52. The van der Waals surface area contributed by atoms with Crippen molar-refractivity contribution in [2.24, 2.45) is 0 Å². The number of rotatable bonds is 5. The molecule has 3 N–H and O–H groups in total. The minimum absolute atomic E-state index is 0.264. The average molecular weight is 278 g/mol. The van der Waals surface area contributed by atoms with Crippen molar-refractivity contribution in [3.05, 3.63) is 34.1 Å². The molecule has 84 valence electrons. The lowest BCUT2D eigenvalue weighted by Gasteiger charge is -2.09. The Bertz CT molecular complexity index is 322. The van der Waals surface area contributed by atoms with Gasteiger partial charge in [-0.05, 0) is 33.6 Å². The van der Waals surface area contributed by atoms with E-state index in [1.807, 2.05) is 0 Å². The highest BCUT2D eigenvalue weighted by molar-refractivity contribution is 9.10. The summed E-state index contributed by atoms with van der Waals surface area (Å²) in [5.74, 6) is -0.297. The molecule has 15 heavy (non-hydrogen) atoms. The van der Waals surface area contributed by atoms with E-state index in [4.69, 9.17) is 10.2 Å². The van der Waals surface area contributed by atoms with Gasteiger partial charge in [-0.3, -0.25) is 0 Å². The van der Waals surface area contributed by atoms with Gasteiger partial charge in [-0.25, -0.2) is 4.39 Å². The molecule has 0 saturated carbocycles. The van der Waals surface area contributed by atoms with Crippen molar-refractivity contribution >= 4 is 15.9 Å². The predicted molar refractivity (Wildman–Crippen MR) is 58.9 cm³/mol. The van der Waals surface area contributed by atoms with Crippen molar-refractivity contribution < 1.29 is 14.6 Å². The van der Waals surface area contributed by atoms with E-state index in [2.05, 4.69) is 21.2 Å². The van der Waals surface area contributed by atoms with Gasteiger partial charge < -0.3 is 15.5 Å². The van der Waals surface area contributed by atoms with E-state index in [9.17, 15) is 4.39 Å². The normalized spacial score (nSPS) is 12.8. The first-order chi connectivity index (χ1) is 7.13. The molecule has 0 fully saturated rings. The van der Waals surface area contributed by atoms with E-state index in [1.165, 1.54) is 6.07 Å². The second kappa shape index (κ2) is 6.17. The van der Waals surface area contributed by atoms with Crippen LogP contribution in [0.5, 0.6) is 0 Å². The van der Waals surface area contributed by atoms with E-state index in [0.717, 1.165) is 5.56 Å². The van der Waals surface area contributed by atoms with Crippen molar-refractivity contribution in [2.75, 3.05) is 13.2 Å². The van der Waals surface area contributed by atoms with E-state index < -0.39 is 6.10 Å². The molecule has 0 bridgehead atoms. The predicted octanol–water partition coefficient (Wildman–Crippen LogP) is 1.03. The fraction of sp³-hybridized carbons (Fsp3) is 0.400. The van der Waals surface area contributed by atoms with Gasteiger partial charge in [-0.15, -0.1) is 0 Å². The molecule has 0 aliphatic carbocycles. The summed E-state index contributed by atoms with van der Waals surface area (Å²) in [6.45, 7) is 0.571. The quantitative estimate of drug-likeness (QED) is 0.754. The Hall–Kier alpha value is -0.490. The summed E-state index contributed by atoms with van der Waals surface area (Å²) < 4.78 is 13.3. The van der Waals surface area contributed by atoms with Crippen LogP contribution in [0.15, 0.2) is 22.7 Å². The summed E-state index contributed by atoms with van der Waals surface area (Å²) in [4.78, 5) is 0. The molecular formula is C10H13BrFNO2. The molecule has 1 atom stereocenters. The maximum absolute atomic E-state index is 12.9. The summed E-state index contributed by atoms with van der Waals surface area (Å²) in [5, 5.41) is 20.6. The number of halogens is 2. The lowest BCUT2D eigenvalue weighted by atomic mass is 10.2. The zero-order chi connectivity index (χ0) is 11.3. The number of hydrogen-bond acceptors (Lipinski definition) is 3. The third kappa shape index (κ3) is 4.25. The number of aliphatic hydroxyl groups is 2. The van der Waals surface area contributed by atoms with Crippen molar-refractivity contribution in [1.29, 1.82) is 0 Å². The topological polar surface area (TPSA) is 52.5 Å². The van der Waals surface area contributed by atoms with Gasteiger partial charge in [0.05, 0.1) is 17.2 Å². The zero-order valence-corrected chi connectivity index (χ0v) is 9.67. The van der Waals surface area contributed by atoms with Crippen LogP contribution >= 0.6 is 15.9 Å². The first-order valence-electron chi connectivity index (χ1n) is 4.57. The summed E-state index contributed by atoms with van der Waals surface area (Å²) in [7, 11) is 0. The smallest absolute Gasteiger partial charge is 0.137 e. The summed E-state index contributed by atoms with van der Waals surface area (Å²) >= 11 is 3.09. The van der Waals surface area contributed by atoms with E-state index in [-0.39, 0.29) is 12.4 Å². The van der Waals surface area contributed by atoms with Crippen LogP contribution in [0.3, 0.4) is 0 Å². The molecule has 1 rings (SSSR count). The average Bonchev–Trinajstić information content (AvgIpc) is 2.23. The Morgan fingerprint density at radius 1 is 1.47 bits per heavy atom. The molecule has 5 heteroatoms. The Morgan fingerprint density at radius 3 is 2.80 bits per heavy atom. The number of benzene rings is 1. The van der Waals surface area contributed by atoms with Crippen molar-refractivity contribution in [3.63, 3.8) is 0 Å². The van der Waals surface area contributed by atoms with Crippen molar-refractivity contribution in [3.8, 4) is 0 Å². The van der Waals surface area contributed by atoms with Crippen LogP contribution in [0, 0.1) is 5.82 Å². The van der Waals surface area contributed by atoms with E-state index in [0.29, 0.717) is 17.6 Å². The molecule has 0 heterocycles. The van der Waals surface area contributed by atoms with Gasteiger partial charge in [-0.1, -0.05) is 6.07 Å². The van der Waals surface area contributed by atoms with Crippen LogP contribution in [-0.4, -0.2) is 29.5 Å². The Balaban J connectivity index is 2.41. The molecule has 0 saturated heterocycles. The highest BCUT2D eigenvalue weighted by Crippen LogP contribution is 2.16. The molecule has 0 aliphatic heterocycles. The molecular weight excluding hydrogens is 265 g/mol. The SMILES string of the molecule is OC[C@H](O)CNCc1ccc(F)c(Br)c1. The highest BCUT2D eigenvalue weighted by Gasteiger charge is 2.02. The molecule has 0 unspecified atom stereocenters. The first-order valence-corrected chi connectivity index (χ1v) is 5.36. The van der Waals surface area contributed by atoms with Gasteiger partial charge >= 0.3 is 0 Å². The van der Waals surface area contributed by atoms with Gasteiger partial charge in [0, 0.05) is 13.1 Å². The van der Waals surface area contributed by atoms with Gasteiger partial charge in [0.15, 0.2) is 0 Å². The standard InChI is InChI=1S/C10H13BrFNO2/c11-9-3-7(1-2-10(9)12)4-13-5-8(15)6-14/h1-3,8,13-15H,4-6H2/t8-/m1/s1. The lowest BCUT2D eigenvalue weighted by Crippen LogP contribution is -2.28. The lowest BCUT2D eigenvalue weighted by molar-refractivity contribution is 0.0942. The maximum atomic E-state index is 12.9. The molecule has 0 aliphatic rings. The highest BCUT2D eigenvalue weighted by atomic mass is 79.9. The van der Waals surface area contributed by atoms with Gasteiger partial charge in [0.2, 0.25) is 0 Å². The fourth-order valence-electron chi connectivity index (χ4n) is 1.10. The third-order valence-corrected chi connectivity index (χ3v) is 2.51. The van der Waals surface area contributed by atoms with Crippen LogP contribution < -0.4 is 5.32 Å². The molecule has 0 amide bonds. The van der Waals surface area contributed by atoms with Crippen molar-refractivity contribution in [1.82, 2.24) is 5.32 Å². The second-order valence-corrected chi connectivity index (χ2v) is 4.07. The van der Waals surface area contributed by atoms with Gasteiger partial charge in [0.1, 0.15) is 5.82 Å². The largest absolute Gasteiger partial charge is 0.394 e. The summed E-state index contributed by atoms with van der Waals surface area (Å²) in [5.41, 5.74) is 0.911. The van der Waals surface area contributed by atoms with Crippen LogP contribution in [0.2, 0.25) is 0 Å². The Labute approximate surface area is 96.1 Å². The molecule has 0 radical (unpaired) electrons. The first kappa shape index (κ1) is 12.6. The third-order valence-electron chi connectivity index (χ3n) is 1.90.